The van der Waals surface area contributed by atoms with Crippen LogP contribution < -0.4 is 38.3 Å². The summed E-state index contributed by atoms with van der Waals surface area (Å²) in [6.45, 7) is 10.6. The van der Waals surface area contributed by atoms with Crippen molar-refractivity contribution in [1.82, 2.24) is 25.2 Å². The molecule has 460 valence electrons. The Hall–Kier alpha value is -7.86. The summed E-state index contributed by atoms with van der Waals surface area (Å²) < 4.78 is 11.7. The van der Waals surface area contributed by atoms with Gasteiger partial charge in [0, 0.05) is 131 Å². The van der Waals surface area contributed by atoms with Gasteiger partial charge in [-0.2, -0.15) is 0 Å². The molecular weight excluding hydrogens is 1160 g/mol. The van der Waals surface area contributed by atoms with Crippen LogP contribution in [0.3, 0.4) is 0 Å². The number of nitrogens with two attached hydrogens (primary N) is 2. The van der Waals surface area contributed by atoms with Crippen molar-refractivity contribution in [2.24, 2.45) is 11.8 Å². The Morgan fingerprint density at radius 2 is 1.29 bits per heavy atom. The summed E-state index contributed by atoms with van der Waals surface area (Å²) in [6, 6.07) is 28.7. The number of halogens is 1. The fourth-order valence-electron chi connectivity index (χ4n) is 11.3. The molecule has 0 amide bonds. The molecule has 5 N–H and O–H groups in total. The van der Waals surface area contributed by atoms with Crippen LogP contribution in [-0.4, -0.2) is 94.3 Å². The molecule has 87 heavy (non-hydrogen) atoms. The van der Waals surface area contributed by atoms with E-state index in [2.05, 4.69) is 103 Å². The second kappa shape index (κ2) is 37.0. The number of esters is 2. The van der Waals surface area contributed by atoms with Gasteiger partial charge in [0.1, 0.15) is 23.1 Å². The van der Waals surface area contributed by atoms with E-state index >= 15 is 0 Å². The Kier molecular flexibility index (Phi) is 29.0. The van der Waals surface area contributed by atoms with Crippen LogP contribution in [0.1, 0.15) is 129 Å². The lowest BCUT2D eigenvalue weighted by atomic mass is 9.75. The molecule has 6 heterocycles. The van der Waals surface area contributed by atoms with E-state index in [1.807, 2.05) is 18.2 Å². The number of carbonyl (C=O) groups is 6. The summed E-state index contributed by atoms with van der Waals surface area (Å²) in [6.07, 6.45) is 30.3. The van der Waals surface area contributed by atoms with Gasteiger partial charge < -0.3 is 43.2 Å². The number of benzene rings is 2. The van der Waals surface area contributed by atoms with E-state index in [1.54, 1.807) is 62.5 Å². The maximum absolute atomic E-state index is 11.5. The number of ether oxygens (including phenoxy) is 2. The largest absolute Gasteiger partial charge is 1.00 e. The summed E-state index contributed by atoms with van der Waals surface area (Å²) in [5, 5.41) is 3.35. The van der Waals surface area contributed by atoms with E-state index in [4.69, 9.17) is 20.9 Å². The molecule has 2 fully saturated rings. The zero-order valence-electron chi connectivity index (χ0n) is 50.5. The number of nitrogen functional groups attached to an aromatic ring is 2. The molecule has 1 saturated heterocycles. The number of nitrogens with one attached hydrogen (secondary N) is 1. The smallest absolute Gasteiger partial charge is 0.330 e. The highest BCUT2D eigenvalue weighted by Gasteiger charge is 2.31. The number of rotatable bonds is 11. The van der Waals surface area contributed by atoms with Gasteiger partial charge in [0.25, 0.3) is 0 Å². The first kappa shape index (κ1) is 68.3. The van der Waals surface area contributed by atoms with Gasteiger partial charge in [-0.3, -0.25) is 43.8 Å². The molecule has 6 aliphatic rings. The molecule has 4 aliphatic carbocycles. The first-order chi connectivity index (χ1) is 41.8. The van der Waals surface area contributed by atoms with Gasteiger partial charge in [0.15, 0.2) is 18.9 Å². The van der Waals surface area contributed by atoms with E-state index in [9.17, 15) is 28.8 Å². The first-order valence-corrected chi connectivity index (χ1v) is 30.4. The predicted octanol–water partition coefficient (Wildman–Crippen LogP) is 6.53. The Bertz CT molecular complexity index is 3260. The van der Waals surface area contributed by atoms with Gasteiger partial charge in [-0.25, -0.2) is 9.36 Å². The average molecular weight is 1250 g/mol. The number of carbonyl (C=O) groups excluding carboxylic acids is 6. The molecule has 0 spiro atoms. The number of hydrogen-bond donors (Lipinski definition) is 3. The predicted molar refractivity (Wildman–Crippen MR) is 334 cm³/mol. The van der Waals surface area contributed by atoms with E-state index in [0.29, 0.717) is 98.6 Å². The third kappa shape index (κ3) is 23.7. The number of aryl methyl sites for hydroxylation is 3. The van der Waals surface area contributed by atoms with Crippen molar-refractivity contribution < 1.29 is 59.8 Å². The number of piperidine rings is 1. The quantitative estimate of drug-likeness (QED) is 0.0542. The molecule has 2 unspecified atom stereocenters. The topological polar surface area (TPSA) is 231 Å². The second-order valence-electron chi connectivity index (χ2n) is 22.4. The maximum atomic E-state index is 11.5. The monoisotopic (exact) mass is 1240 g/mol. The molecule has 2 atom stereocenters. The van der Waals surface area contributed by atoms with Crippen LogP contribution in [0.5, 0.6) is 0 Å². The molecule has 2 aliphatic heterocycles. The Morgan fingerprint density at radius 3 is 2.00 bits per heavy atom. The maximum Gasteiger partial charge on any atom is 0.330 e. The highest BCUT2D eigenvalue weighted by molar-refractivity contribution is 5.88. The number of fused-ring (bicyclic) bond motifs is 3. The number of pyridine rings is 4. The van der Waals surface area contributed by atoms with Gasteiger partial charge in [-0.1, -0.05) is 66.2 Å². The first-order valence-electron chi connectivity index (χ1n) is 30.4. The van der Waals surface area contributed by atoms with Crippen LogP contribution in [-0.2, 0) is 83.4 Å². The van der Waals surface area contributed by atoms with Crippen molar-refractivity contribution in [2.45, 2.75) is 130 Å². The standard InChI is InChI=1S/C16H19NO.C16H16NO.C10H14N2O2.C10H12N2O2.C9H15NO.C9H9NO.BrH/c2*18-16-7-6-14-8-9-17(12-15(14)10-16)11-13-4-2-1-3-5-13;2*1-2-14-10(13)4-3-8-5-6-12-7-9(8)11;2*11-9-2-1-7-3-4-10-6-8(7)5-9;/h1-5H,6-12H2;1-5,8-9,12H,6-7,10-11H2;5-7H,2-4,11H2,1H3;3-7H,2,11H2,1H3;7-8,10H,1-6H2;3-4,6H,1-2,5H2;1H/q;+1;;;;;/p-1/b;;;4-3+;;;. The number of aromatic nitrogens is 4. The highest BCUT2D eigenvalue weighted by Crippen LogP contribution is 2.32. The van der Waals surface area contributed by atoms with Gasteiger partial charge in [-0.05, 0) is 141 Å². The fourth-order valence-corrected chi connectivity index (χ4v) is 11.3. The normalized spacial score (nSPS) is 17.4. The number of nitrogens with zero attached hydrogens (tertiary/aromatic N) is 5. The Balaban J connectivity index is 0.000000168. The van der Waals surface area contributed by atoms with E-state index in [-0.39, 0.29) is 28.9 Å². The lowest BCUT2D eigenvalue weighted by molar-refractivity contribution is -0.688. The van der Waals surface area contributed by atoms with Crippen LogP contribution >= 0.6 is 0 Å². The molecule has 12 rings (SSSR count). The second-order valence-corrected chi connectivity index (χ2v) is 22.4. The third-order valence-corrected chi connectivity index (χ3v) is 16.0. The lowest BCUT2D eigenvalue weighted by Crippen LogP contribution is -3.00. The lowest BCUT2D eigenvalue weighted by Gasteiger charge is -2.35. The van der Waals surface area contributed by atoms with Crippen LogP contribution in [0.25, 0.3) is 6.08 Å². The third-order valence-electron chi connectivity index (χ3n) is 16.0. The summed E-state index contributed by atoms with van der Waals surface area (Å²) in [5.74, 6) is 2.57. The Morgan fingerprint density at radius 1 is 0.644 bits per heavy atom. The molecule has 1 saturated carbocycles. The summed E-state index contributed by atoms with van der Waals surface area (Å²) in [5.41, 5.74) is 24.7. The van der Waals surface area contributed by atoms with Crippen molar-refractivity contribution in [3.05, 3.63) is 196 Å². The number of Topliss-reactive ketones (excluding diaryl/α,β-unsaturated/α-hetero) is 4. The summed E-state index contributed by atoms with van der Waals surface area (Å²) >= 11 is 0. The minimum atomic E-state index is -0.372. The molecule has 4 aromatic heterocycles. The van der Waals surface area contributed by atoms with Crippen LogP contribution in [0.4, 0.5) is 11.4 Å². The summed E-state index contributed by atoms with van der Waals surface area (Å²) in [4.78, 5) is 81.3. The van der Waals surface area contributed by atoms with Crippen molar-refractivity contribution in [1.29, 1.82) is 0 Å². The summed E-state index contributed by atoms with van der Waals surface area (Å²) in [7, 11) is 0. The van der Waals surface area contributed by atoms with Gasteiger partial charge in [0.2, 0.25) is 0 Å². The van der Waals surface area contributed by atoms with Crippen molar-refractivity contribution >= 4 is 52.5 Å². The molecule has 16 nitrogen and oxygen atoms in total. The van der Waals surface area contributed by atoms with Crippen molar-refractivity contribution in [3.63, 3.8) is 0 Å². The van der Waals surface area contributed by atoms with Gasteiger partial charge in [-0.15, -0.1) is 0 Å². The average Bonchev–Trinajstić information content (AvgIpc) is 3.73. The van der Waals surface area contributed by atoms with Crippen LogP contribution in [0, 0.1) is 11.8 Å². The van der Waals surface area contributed by atoms with E-state index < -0.39 is 0 Å². The van der Waals surface area contributed by atoms with E-state index in [1.165, 1.54) is 52.1 Å². The minimum Gasteiger partial charge on any atom is -1.00 e. The molecule has 0 bridgehead atoms. The van der Waals surface area contributed by atoms with Crippen molar-refractivity contribution in [3.8, 4) is 0 Å². The zero-order chi connectivity index (χ0) is 60.9. The zero-order valence-corrected chi connectivity index (χ0v) is 52.1. The van der Waals surface area contributed by atoms with Crippen LogP contribution in [0.15, 0.2) is 152 Å². The highest BCUT2D eigenvalue weighted by atomic mass is 79.9. The van der Waals surface area contributed by atoms with Crippen molar-refractivity contribution in [2.75, 3.05) is 50.9 Å². The Labute approximate surface area is 523 Å². The SMILES string of the molecule is CCOC(=O)/C=C/c1ccncc1N.CCOC(=O)CCc1ccncc1N.O=C1CCC2=C(C1)CN(Cc1ccccc1)CC2.O=C1CCC2CCNCC2C1.O=C1CCc2cc[n+](Cc3ccccc3)cc2C1.O=C1CCc2ccncc2C1.[Br-]. The molecular formula is C70H85BrN8O8. The number of anilines is 2. The number of hydrogen-bond acceptors (Lipinski definition) is 15. The van der Waals surface area contributed by atoms with Gasteiger partial charge in [0.05, 0.1) is 37.0 Å². The molecule has 6 aromatic rings. The fraction of sp³-hybridized carbons (Fsp3) is 0.400. The molecule has 17 heteroatoms. The molecule has 0 radical (unpaired) electrons. The molecule has 2 aromatic carbocycles. The number of ketones is 4. The van der Waals surface area contributed by atoms with Crippen LogP contribution in [0.2, 0.25) is 0 Å². The van der Waals surface area contributed by atoms with E-state index in [0.717, 1.165) is 113 Å². The minimum absolute atomic E-state index is 0. The van der Waals surface area contributed by atoms with Gasteiger partial charge >= 0.3 is 11.9 Å².